The third kappa shape index (κ3) is 3.18. The van der Waals surface area contributed by atoms with E-state index in [1.807, 2.05) is 0 Å². The van der Waals surface area contributed by atoms with Crippen LogP contribution in [0.25, 0.3) is 0 Å². The summed E-state index contributed by atoms with van der Waals surface area (Å²) in [6, 6.07) is 4.57. The van der Waals surface area contributed by atoms with Crippen molar-refractivity contribution in [2.45, 2.75) is 25.2 Å². The SMILES string of the molecule is O=[N+]([O-])c1ccc(Cl)c(CN2CCC3(CC2)OCCO3)c1. The van der Waals surface area contributed by atoms with Crippen molar-refractivity contribution in [2.75, 3.05) is 26.3 Å². The summed E-state index contributed by atoms with van der Waals surface area (Å²) in [5.41, 5.74) is 0.861. The Labute approximate surface area is 127 Å². The molecule has 1 aromatic carbocycles. The fraction of sp³-hybridized carbons (Fsp3) is 0.571. The lowest BCUT2D eigenvalue weighted by molar-refractivity contribution is -0.384. The molecule has 114 valence electrons. The maximum Gasteiger partial charge on any atom is 0.269 e. The van der Waals surface area contributed by atoms with Gasteiger partial charge in [-0.15, -0.1) is 0 Å². The second kappa shape index (κ2) is 5.88. The van der Waals surface area contributed by atoms with Crippen LogP contribution in [0.2, 0.25) is 5.02 Å². The predicted molar refractivity (Wildman–Crippen MR) is 77.3 cm³/mol. The first kappa shape index (κ1) is 14.7. The molecule has 0 radical (unpaired) electrons. The first-order chi connectivity index (χ1) is 10.1. The largest absolute Gasteiger partial charge is 0.347 e. The van der Waals surface area contributed by atoms with Crippen molar-refractivity contribution in [3.05, 3.63) is 38.9 Å². The second-order valence-corrected chi connectivity index (χ2v) is 5.82. The number of piperidine rings is 1. The van der Waals surface area contributed by atoms with E-state index in [1.165, 1.54) is 6.07 Å². The van der Waals surface area contributed by atoms with Crippen LogP contribution in [-0.4, -0.2) is 41.9 Å². The average Bonchev–Trinajstić information content (AvgIpc) is 2.92. The summed E-state index contributed by atoms with van der Waals surface area (Å²) in [5, 5.41) is 11.4. The van der Waals surface area contributed by atoms with Gasteiger partial charge in [0, 0.05) is 49.6 Å². The van der Waals surface area contributed by atoms with Gasteiger partial charge in [-0.2, -0.15) is 0 Å². The minimum Gasteiger partial charge on any atom is -0.347 e. The highest BCUT2D eigenvalue weighted by atomic mass is 35.5. The Morgan fingerprint density at radius 3 is 2.57 bits per heavy atom. The third-order valence-electron chi connectivity index (χ3n) is 4.07. The molecule has 0 atom stereocenters. The topological polar surface area (TPSA) is 64.8 Å². The Morgan fingerprint density at radius 2 is 1.95 bits per heavy atom. The molecule has 2 fully saturated rings. The molecule has 0 saturated carbocycles. The third-order valence-corrected chi connectivity index (χ3v) is 4.43. The van der Waals surface area contributed by atoms with Crippen molar-refractivity contribution < 1.29 is 14.4 Å². The summed E-state index contributed by atoms with van der Waals surface area (Å²) in [7, 11) is 0. The van der Waals surface area contributed by atoms with Crippen molar-refractivity contribution in [3.8, 4) is 0 Å². The first-order valence-electron chi connectivity index (χ1n) is 7.01. The number of ether oxygens (including phenoxy) is 2. The Balaban J connectivity index is 1.65. The molecule has 0 amide bonds. The van der Waals surface area contributed by atoms with Crippen molar-refractivity contribution in [1.82, 2.24) is 4.90 Å². The summed E-state index contributed by atoms with van der Waals surface area (Å²) in [5.74, 6) is -0.400. The van der Waals surface area contributed by atoms with Crippen molar-refractivity contribution in [3.63, 3.8) is 0 Å². The van der Waals surface area contributed by atoms with Gasteiger partial charge < -0.3 is 9.47 Å². The summed E-state index contributed by atoms with van der Waals surface area (Å²) >= 11 is 6.14. The molecule has 1 aromatic rings. The van der Waals surface area contributed by atoms with Gasteiger partial charge >= 0.3 is 0 Å². The average molecular weight is 313 g/mol. The standard InChI is InChI=1S/C14H17ClN2O4/c15-13-2-1-12(17(18)19)9-11(13)10-16-5-3-14(4-6-16)20-7-8-21-14/h1-2,9H,3-8,10H2. The summed E-state index contributed by atoms with van der Waals surface area (Å²) in [6.07, 6.45) is 1.64. The number of halogens is 1. The van der Waals surface area contributed by atoms with E-state index < -0.39 is 10.7 Å². The molecule has 2 heterocycles. The van der Waals surface area contributed by atoms with Crippen LogP contribution in [0.3, 0.4) is 0 Å². The van der Waals surface area contributed by atoms with E-state index in [4.69, 9.17) is 21.1 Å². The second-order valence-electron chi connectivity index (χ2n) is 5.42. The summed E-state index contributed by atoms with van der Waals surface area (Å²) in [4.78, 5) is 12.7. The lowest BCUT2D eigenvalue weighted by Gasteiger charge is -2.37. The number of hydrogen-bond donors (Lipinski definition) is 0. The number of non-ortho nitro benzene ring substituents is 1. The monoisotopic (exact) mass is 312 g/mol. The zero-order valence-electron chi connectivity index (χ0n) is 11.6. The minimum absolute atomic E-state index is 0.0744. The first-order valence-corrected chi connectivity index (χ1v) is 7.39. The van der Waals surface area contributed by atoms with Gasteiger partial charge in [0.2, 0.25) is 0 Å². The Hall–Kier alpha value is -1.21. The van der Waals surface area contributed by atoms with Crippen molar-refractivity contribution in [2.24, 2.45) is 0 Å². The molecule has 0 N–H and O–H groups in total. The Morgan fingerprint density at radius 1 is 1.29 bits per heavy atom. The molecule has 2 aliphatic rings. The number of nitro groups is 1. The molecular weight excluding hydrogens is 296 g/mol. The number of rotatable bonds is 3. The lowest BCUT2D eigenvalue weighted by atomic mass is 10.0. The maximum absolute atomic E-state index is 10.8. The van der Waals surface area contributed by atoms with Crippen LogP contribution in [0.5, 0.6) is 0 Å². The molecule has 2 aliphatic heterocycles. The highest BCUT2D eigenvalue weighted by molar-refractivity contribution is 6.31. The van der Waals surface area contributed by atoms with Crippen LogP contribution in [0, 0.1) is 10.1 Å². The molecule has 0 aromatic heterocycles. The predicted octanol–water partition coefficient (Wildman–Crippen LogP) is 2.59. The number of benzene rings is 1. The van der Waals surface area contributed by atoms with Crippen LogP contribution < -0.4 is 0 Å². The highest BCUT2D eigenvalue weighted by Gasteiger charge is 2.39. The molecule has 7 heteroatoms. The van der Waals surface area contributed by atoms with Gasteiger partial charge in [-0.05, 0) is 11.6 Å². The van der Waals surface area contributed by atoms with Gasteiger partial charge in [0.25, 0.3) is 5.69 Å². The maximum atomic E-state index is 10.8. The van der Waals surface area contributed by atoms with Crippen molar-refractivity contribution in [1.29, 1.82) is 0 Å². The Bertz CT molecular complexity index is 536. The van der Waals surface area contributed by atoms with Gasteiger partial charge in [0.1, 0.15) is 0 Å². The molecule has 0 unspecified atom stereocenters. The van der Waals surface area contributed by atoms with E-state index in [2.05, 4.69) is 4.90 Å². The molecule has 21 heavy (non-hydrogen) atoms. The summed E-state index contributed by atoms with van der Waals surface area (Å²) in [6.45, 7) is 3.60. The summed E-state index contributed by atoms with van der Waals surface area (Å²) < 4.78 is 11.4. The van der Waals surface area contributed by atoms with Crippen LogP contribution >= 0.6 is 11.6 Å². The zero-order valence-corrected chi connectivity index (χ0v) is 12.3. The Kier molecular flexibility index (Phi) is 4.12. The quantitative estimate of drug-likeness (QED) is 0.634. The van der Waals surface area contributed by atoms with Gasteiger partial charge in [0.15, 0.2) is 5.79 Å². The van der Waals surface area contributed by atoms with E-state index in [0.29, 0.717) is 24.8 Å². The van der Waals surface area contributed by atoms with E-state index in [0.717, 1.165) is 31.5 Å². The number of nitrogens with zero attached hydrogens (tertiary/aromatic N) is 2. The lowest BCUT2D eigenvalue weighted by Crippen LogP contribution is -2.44. The van der Waals surface area contributed by atoms with E-state index in [-0.39, 0.29) is 5.69 Å². The minimum atomic E-state index is -0.400. The molecule has 0 bridgehead atoms. The number of likely N-dealkylation sites (tertiary alicyclic amines) is 1. The number of nitro benzene ring substituents is 1. The fourth-order valence-electron chi connectivity index (χ4n) is 2.87. The highest BCUT2D eigenvalue weighted by Crippen LogP contribution is 2.32. The van der Waals surface area contributed by atoms with Gasteiger partial charge in [-0.1, -0.05) is 11.6 Å². The smallest absolute Gasteiger partial charge is 0.269 e. The molecule has 2 saturated heterocycles. The number of hydrogen-bond acceptors (Lipinski definition) is 5. The zero-order chi connectivity index (χ0) is 14.9. The van der Waals surface area contributed by atoms with E-state index >= 15 is 0 Å². The molecule has 0 aliphatic carbocycles. The van der Waals surface area contributed by atoms with Gasteiger partial charge in [0.05, 0.1) is 18.1 Å². The molecule has 1 spiro atoms. The fourth-order valence-corrected chi connectivity index (χ4v) is 3.05. The van der Waals surface area contributed by atoms with Crippen molar-refractivity contribution >= 4 is 17.3 Å². The molecule has 3 rings (SSSR count). The van der Waals surface area contributed by atoms with E-state index in [9.17, 15) is 10.1 Å². The molecular formula is C14H17ClN2O4. The van der Waals surface area contributed by atoms with Gasteiger partial charge in [-0.25, -0.2) is 0 Å². The molecule has 6 nitrogen and oxygen atoms in total. The van der Waals surface area contributed by atoms with Crippen LogP contribution in [-0.2, 0) is 16.0 Å². The van der Waals surface area contributed by atoms with Crippen LogP contribution in [0.4, 0.5) is 5.69 Å². The van der Waals surface area contributed by atoms with Crippen LogP contribution in [0.15, 0.2) is 18.2 Å². The van der Waals surface area contributed by atoms with Gasteiger partial charge in [-0.3, -0.25) is 15.0 Å². The van der Waals surface area contributed by atoms with E-state index in [1.54, 1.807) is 12.1 Å². The van der Waals surface area contributed by atoms with Crippen LogP contribution in [0.1, 0.15) is 18.4 Å². The normalized spacial score (nSPS) is 21.8.